The van der Waals surface area contributed by atoms with Gasteiger partial charge in [-0.2, -0.15) is 0 Å². The van der Waals surface area contributed by atoms with E-state index in [1.54, 1.807) is 0 Å². The van der Waals surface area contributed by atoms with Crippen molar-refractivity contribution in [1.29, 1.82) is 0 Å². The molecule has 0 heterocycles. The van der Waals surface area contributed by atoms with Crippen LogP contribution in [-0.2, 0) is 4.79 Å². The van der Waals surface area contributed by atoms with Crippen LogP contribution in [0.15, 0.2) is 0 Å². The van der Waals surface area contributed by atoms with Crippen LogP contribution in [0.25, 0.3) is 0 Å². The predicted molar refractivity (Wildman–Crippen MR) is 64.7 cm³/mol. The van der Waals surface area contributed by atoms with Crippen molar-refractivity contribution >= 4 is 5.78 Å². The van der Waals surface area contributed by atoms with Gasteiger partial charge in [0.15, 0.2) is 0 Å². The fourth-order valence-corrected chi connectivity index (χ4v) is 2.32. The van der Waals surface area contributed by atoms with Crippen molar-refractivity contribution < 1.29 is 4.79 Å². The van der Waals surface area contributed by atoms with Gasteiger partial charge in [-0.05, 0) is 24.2 Å². The molecule has 1 atom stereocenters. The quantitative estimate of drug-likeness (QED) is 0.671. The Morgan fingerprint density at radius 3 is 2.00 bits per heavy atom. The van der Waals surface area contributed by atoms with E-state index in [1.165, 1.54) is 12.8 Å². The molecule has 0 N–H and O–H groups in total. The van der Waals surface area contributed by atoms with Gasteiger partial charge in [-0.3, -0.25) is 4.79 Å². The van der Waals surface area contributed by atoms with Gasteiger partial charge < -0.3 is 0 Å². The van der Waals surface area contributed by atoms with Crippen LogP contribution in [0.2, 0.25) is 0 Å². The van der Waals surface area contributed by atoms with Crippen LogP contribution in [0.5, 0.6) is 0 Å². The van der Waals surface area contributed by atoms with Crippen LogP contribution < -0.4 is 0 Å². The summed E-state index contributed by atoms with van der Waals surface area (Å²) in [6, 6.07) is 0. The Morgan fingerprint density at radius 1 is 1.13 bits per heavy atom. The Kier molecular flexibility index (Phi) is 3.97. The van der Waals surface area contributed by atoms with Gasteiger partial charge in [-0.25, -0.2) is 0 Å². The Morgan fingerprint density at radius 2 is 1.60 bits per heavy atom. The summed E-state index contributed by atoms with van der Waals surface area (Å²) in [4.78, 5) is 12.3. The minimum Gasteiger partial charge on any atom is -0.299 e. The van der Waals surface area contributed by atoms with Crippen LogP contribution >= 0.6 is 0 Å². The maximum atomic E-state index is 12.3. The molecule has 1 heteroatoms. The first-order chi connectivity index (χ1) is 6.82. The van der Waals surface area contributed by atoms with Gasteiger partial charge in [0, 0.05) is 11.8 Å². The molecule has 1 fully saturated rings. The first-order valence-corrected chi connectivity index (χ1v) is 6.36. The highest BCUT2D eigenvalue weighted by atomic mass is 16.1. The molecule has 0 aromatic heterocycles. The standard InChI is InChI=1S/C14H26O/c1-10-6-8-12(9-7-10)13(15)11(2)14(3,4)5/h10-12H,6-9H2,1-5H3. The van der Waals surface area contributed by atoms with Gasteiger partial charge in [0.2, 0.25) is 0 Å². The second-order valence-corrected chi connectivity index (χ2v) is 6.45. The number of ketones is 1. The molecular weight excluding hydrogens is 184 g/mol. The summed E-state index contributed by atoms with van der Waals surface area (Å²) in [5.74, 6) is 1.90. The highest BCUT2D eigenvalue weighted by Gasteiger charge is 2.33. The maximum absolute atomic E-state index is 12.3. The maximum Gasteiger partial charge on any atom is 0.139 e. The lowest BCUT2D eigenvalue weighted by Crippen LogP contribution is -2.32. The van der Waals surface area contributed by atoms with Gasteiger partial charge >= 0.3 is 0 Å². The molecule has 0 aromatic rings. The molecule has 88 valence electrons. The van der Waals surface area contributed by atoms with Crippen molar-refractivity contribution in [2.45, 2.75) is 60.3 Å². The number of hydrogen-bond donors (Lipinski definition) is 0. The lowest BCUT2D eigenvalue weighted by Gasteiger charge is -2.32. The van der Waals surface area contributed by atoms with Crippen molar-refractivity contribution in [2.75, 3.05) is 0 Å². The summed E-state index contributed by atoms with van der Waals surface area (Å²) >= 11 is 0. The number of rotatable bonds is 2. The van der Waals surface area contributed by atoms with Crippen LogP contribution in [0, 0.1) is 23.2 Å². The van der Waals surface area contributed by atoms with Crippen LogP contribution in [-0.4, -0.2) is 5.78 Å². The first kappa shape index (κ1) is 12.7. The van der Waals surface area contributed by atoms with E-state index in [9.17, 15) is 4.79 Å². The molecule has 1 nitrogen and oxygen atoms in total. The van der Waals surface area contributed by atoms with E-state index in [0.717, 1.165) is 18.8 Å². The zero-order valence-corrected chi connectivity index (χ0v) is 11.0. The van der Waals surface area contributed by atoms with Gasteiger partial charge in [0.1, 0.15) is 5.78 Å². The molecule has 0 aliphatic heterocycles. The molecule has 1 aliphatic rings. The van der Waals surface area contributed by atoms with E-state index < -0.39 is 0 Å². The third-order valence-electron chi connectivity index (χ3n) is 4.14. The van der Waals surface area contributed by atoms with E-state index in [2.05, 4.69) is 34.6 Å². The summed E-state index contributed by atoms with van der Waals surface area (Å²) < 4.78 is 0. The molecule has 1 saturated carbocycles. The summed E-state index contributed by atoms with van der Waals surface area (Å²) in [5, 5.41) is 0. The third kappa shape index (κ3) is 3.32. The Hall–Kier alpha value is -0.330. The predicted octanol–water partition coefficient (Wildman–Crippen LogP) is 4.06. The Bertz CT molecular complexity index is 216. The van der Waals surface area contributed by atoms with Crippen molar-refractivity contribution in [1.82, 2.24) is 0 Å². The van der Waals surface area contributed by atoms with Crippen LogP contribution in [0.3, 0.4) is 0 Å². The molecule has 0 amide bonds. The van der Waals surface area contributed by atoms with E-state index in [0.29, 0.717) is 11.7 Å². The minimum atomic E-state index is 0.125. The zero-order chi connectivity index (χ0) is 11.6. The summed E-state index contributed by atoms with van der Waals surface area (Å²) in [7, 11) is 0. The monoisotopic (exact) mass is 210 g/mol. The topological polar surface area (TPSA) is 17.1 Å². The third-order valence-corrected chi connectivity index (χ3v) is 4.14. The van der Waals surface area contributed by atoms with Gasteiger partial charge in [-0.1, -0.05) is 47.5 Å². The SMILES string of the molecule is CC1CCC(C(=O)C(C)C(C)(C)C)CC1. The fourth-order valence-electron chi connectivity index (χ4n) is 2.32. The van der Waals surface area contributed by atoms with E-state index in [4.69, 9.17) is 0 Å². The Balaban J connectivity index is 2.54. The van der Waals surface area contributed by atoms with Gasteiger partial charge in [0.25, 0.3) is 0 Å². The van der Waals surface area contributed by atoms with E-state index in [-0.39, 0.29) is 11.3 Å². The van der Waals surface area contributed by atoms with Gasteiger partial charge in [-0.15, -0.1) is 0 Å². The number of carbonyl (C=O) groups is 1. The molecule has 1 aliphatic carbocycles. The van der Waals surface area contributed by atoms with E-state index in [1.807, 2.05) is 0 Å². The highest BCUT2D eigenvalue weighted by Crippen LogP contribution is 2.35. The van der Waals surface area contributed by atoms with Crippen molar-refractivity contribution in [3.8, 4) is 0 Å². The summed E-state index contributed by atoms with van der Waals surface area (Å²) in [6.45, 7) is 10.9. The van der Waals surface area contributed by atoms with Crippen molar-refractivity contribution in [3.05, 3.63) is 0 Å². The van der Waals surface area contributed by atoms with Crippen molar-refractivity contribution in [3.63, 3.8) is 0 Å². The molecule has 1 rings (SSSR count). The number of carbonyl (C=O) groups excluding carboxylic acids is 1. The zero-order valence-electron chi connectivity index (χ0n) is 11.0. The normalized spacial score (nSPS) is 29.9. The molecule has 0 bridgehead atoms. The molecule has 0 radical (unpaired) electrons. The average molecular weight is 210 g/mol. The number of Topliss-reactive ketones (excluding diaryl/α,β-unsaturated/α-hetero) is 1. The number of hydrogen-bond acceptors (Lipinski definition) is 1. The second kappa shape index (κ2) is 4.67. The fraction of sp³-hybridized carbons (Fsp3) is 0.929. The second-order valence-electron chi connectivity index (χ2n) is 6.45. The van der Waals surface area contributed by atoms with Crippen molar-refractivity contribution in [2.24, 2.45) is 23.2 Å². The molecule has 0 aromatic carbocycles. The van der Waals surface area contributed by atoms with Crippen LogP contribution in [0.1, 0.15) is 60.3 Å². The van der Waals surface area contributed by atoms with Gasteiger partial charge in [0.05, 0.1) is 0 Å². The lowest BCUT2D eigenvalue weighted by atomic mass is 9.71. The average Bonchev–Trinajstić information content (AvgIpc) is 2.15. The Labute approximate surface area is 94.6 Å². The molecule has 0 saturated heterocycles. The lowest BCUT2D eigenvalue weighted by molar-refractivity contribution is -0.130. The largest absolute Gasteiger partial charge is 0.299 e. The minimum absolute atomic E-state index is 0.125. The summed E-state index contributed by atoms with van der Waals surface area (Å²) in [6.07, 6.45) is 4.74. The molecule has 1 unspecified atom stereocenters. The molecule has 15 heavy (non-hydrogen) atoms. The van der Waals surface area contributed by atoms with E-state index >= 15 is 0 Å². The smallest absolute Gasteiger partial charge is 0.139 e. The highest BCUT2D eigenvalue weighted by molar-refractivity contribution is 5.83. The molecule has 0 spiro atoms. The summed E-state index contributed by atoms with van der Waals surface area (Å²) in [5.41, 5.74) is 0.125. The van der Waals surface area contributed by atoms with Crippen LogP contribution in [0.4, 0.5) is 0 Å². The first-order valence-electron chi connectivity index (χ1n) is 6.36. The molecular formula is C14H26O.